The summed E-state index contributed by atoms with van der Waals surface area (Å²) < 4.78 is 137. The Labute approximate surface area is 245 Å². The van der Waals surface area contributed by atoms with Gasteiger partial charge in [-0.25, -0.2) is 22.2 Å². The van der Waals surface area contributed by atoms with Gasteiger partial charge in [-0.2, -0.15) is 26.3 Å². The number of halogens is 8. The van der Waals surface area contributed by atoms with E-state index in [2.05, 4.69) is 0 Å². The Balaban J connectivity index is 1.94. The summed E-state index contributed by atoms with van der Waals surface area (Å²) in [5.74, 6) is -1.03. The van der Waals surface area contributed by atoms with Crippen LogP contribution in [-0.4, -0.2) is 70.8 Å². The molecule has 0 spiro atoms. The van der Waals surface area contributed by atoms with E-state index in [1.165, 1.54) is 0 Å². The van der Waals surface area contributed by atoms with Gasteiger partial charge in [-0.1, -0.05) is 18.2 Å². The Morgan fingerprint density at radius 2 is 1.47 bits per heavy atom. The highest BCUT2D eigenvalue weighted by molar-refractivity contribution is 7.92. The summed E-state index contributed by atoms with van der Waals surface area (Å²) in [6.45, 7) is 1.83. The van der Waals surface area contributed by atoms with Gasteiger partial charge in [-0.05, 0) is 79.8 Å². The lowest BCUT2D eigenvalue weighted by molar-refractivity contribution is -0.348. The van der Waals surface area contributed by atoms with E-state index in [0.717, 1.165) is 30.3 Å². The van der Waals surface area contributed by atoms with Crippen LogP contribution < -0.4 is 0 Å². The van der Waals surface area contributed by atoms with Crippen molar-refractivity contribution in [1.82, 2.24) is 9.80 Å². The molecular formula is C29H33F8N3O2S. The van der Waals surface area contributed by atoms with Crippen molar-refractivity contribution < 1.29 is 43.5 Å². The quantitative estimate of drug-likeness (QED) is 0.160. The second-order valence-corrected chi connectivity index (χ2v) is 13.9. The number of fused-ring (bicyclic) bond motifs is 3. The Hall–Kier alpha value is -2.90. The molecule has 238 valence electrons. The number of nitrogens with zero attached hydrogens (tertiary/aromatic N) is 3. The van der Waals surface area contributed by atoms with E-state index in [1.807, 2.05) is 6.92 Å². The second-order valence-electron chi connectivity index (χ2n) is 11.7. The lowest BCUT2D eigenvalue weighted by atomic mass is 9.71. The number of hydrogen-bond acceptors (Lipinski definition) is 3. The van der Waals surface area contributed by atoms with Crippen LogP contribution in [0.1, 0.15) is 42.9 Å². The van der Waals surface area contributed by atoms with Crippen molar-refractivity contribution in [2.24, 2.45) is 16.8 Å². The van der Waals surface area contributed by atoms with Gasteiger partial charge in [0.25, 0.3) is 0 Å². The highest BCUT2D eigenvalue weighted by Gasteiger charge is 2.73. The van der Waals surface area contributed by atoms with Gasteiger partial charge in [0.1, 0.15) is 10.6 Å². The average molecular weight is 640 g/mol. The minimum absolute atomic E-state index is 0.00712. The van der Waals surface area contributed by atoms with Gasteiger partial charge in [-0.3, -0.25) is 0 Å². The summed E-state index contributed by atoms with van der Waals surface area (Å²) in [6, 6.07) is 5.48. The van der Waals surface area contributed by atoms with E-state index in [0.29, 0.717) is 24.5 Å². The first-order valence-corrected chi connectivity index (χ1v) is 15.1. The van der Waals surface area contributed by atoms with E-state index in [9.17, 15) is 39.2 Å². The first-order valence-electron chi connectivity index (χ1n) is 13.6. The number of alkyl halides is 7. The number of aliphatic imine (C=N–C) groups is 1. The molecule has 0 bridgehead atoms. The van der Waals surface area contributed by atoms with Crippen molar-refractivity contribution in [3.05, 3.63) is 65.0 Å². The third-order valence-electron chi connectivity index (χ3n) is 8.77. The molecule has 43 heavy (non-hydrogen) atoms. The number of hydrogen-bond donors (Lipinski definition) is 0. The molecule has 0 N–H and O–H groups in total. The van der Waals surface area contributed by atoms with Crippen molar-refractivity contribution in [1.29, 1.82) is 0 Å². The lowest BCUT2D eigenvalue weighted by Crippen LogP contribution is -2.51. The van der Waals surface area contributed by atoms with Gasteiger partial charge < -0.3 is 9.80 Å². The lowest BCUT2D eigenvalue weighted by Gasteiger charge is -2.43. The maximum Gasteiger partial charge on any atom is 0.435 e. The molecule has 2 aromatic carbocycles. The molecule has 0 radical (unpaired) electrons. The van der Waals surface area contributed by atoms with E-state index in [-0.39, 0.29) is 41.2 Å². The van der Waals surface area contributed by atoms with E-state index < -0.39 is 55.9 Å². The molecule has 14 heteroatoms. The highest BCUT2D eigenvalue weighted by atomic mass is 32.2. The molecule has 4 rings (SSSR count). The van der Waals surface area contributed by atoms with Crippen molar-refractivity contribution >= 4 is 15.8 Å². The van der Waals surface area contributed by atoms with Crippen LogP contribution in [0.2, 0.25) is 0 Å². The molecule has 1 unspecified atom stereocenters. The molecule has 0 aromatic heterocycles. The van der Waals surface area contributed by atoms with Crippen molar-refractivity contribution in [2.75, 3.05) is 28.2 Å². The Kier molecular flexibility index (Phi) is 8.38. The topological polar surface area (TPSA) is 53.0 Å². The predicted octanol–water partition coefficient (Wildman–Crippen LogP) is 6.62. The van der Waals surface area contributed by atoms with E-state index >= 15 is 4.39 Å². The highest BCUT2D eigenvalue weighted by Crippen LogP contribution is 2.61. The SMILES string of the molecule is CC(N=C(N(C)C)N(C)C)[C@@H]1CC[C@@]2(S(=O)(=O)c3ccc(F)cc3)c3ccc(C(F)(C(F)(F)F)C(F)(F)F)cc3CC[C@@H]12. The summed E-state index contributed by atoms with van der Waals surface area (Å²) in [6.07, 6.45) is -12.3. The fourth-order valence-corrected chi connectivity index (χ4v) is 9.39. The normalized spacial score (nSPS) is 23.3. The van der Waals surface area contributed by atoms with Gasteiger partial charge in [-0.15, -0.1) is 0 Å². The summed E-state index contributed by atoms with van der Waals surface area (Å²) >= 11 is 0. The fourth-order valence-electron chi connectivity index (χ4n) is 6.91. The minimum Gasteiger partial charge on any atom is -0.349 e. The number of guanidine groups is 1. The van der Waals surface area contributed by atoms with Crippen molar-refractivity contribution in [3.63, 3.8) is 0 Å². The third kappa shape index (κ3) is 5.16. The largest absolute Gasteiger partial charge is 0.435 e. The van der Waals surface area contributed by atoms with Gasteiger partial charge in [0.15, 0.2) is 15.8 Å². The van der Waals surface area contributed by atoms with Crippen LogP contribution in [0.4, 0.5) is 35.1 Å². The molecule has 0 heterocycles. The monoisotopic (exact) mass is 639 g/mol. The Morgan fingerprint density at radius 1 is 0.907 bits per heavy atom. The van der Waals surface area contributed by atoms with Crippen LogP contribution in [0.3, 0.4) is 0 Å². The number of sulfone groups is 1. The smallest absolute Gasteiger partial charge is 0.349 e. The molecular weight excluding hydrogens is 606 g/mol. The maximum atomic E-state index is 15.0. The molecule has 5 nitrogen and oxygen atoms in total. The first-order chi connectivity index (χ1) is 19.7. The van der Waals surface area contributed by atoms with Gasteiger partial charge in [0.05, 0.1) is 10.9 Å². The summed E-state index contributed by atoms with van der Waals surface area (Å²) in [5, 5.41) is 0. The zero-order valence-corrected chi connectivity index (χ0v) is 25.0. The van der Waals surface area contributed by atoms with Crippen LogP contribution in [0.5, 0.6) is 0 Å². The number of rotatable bonds is 5. The van der Waals surface area contributed by atoms with Crippen LogP contribution in [0.25, 0.3) is 0 Å². The summed E-state index contributed by atoms with van der Waals surface area (Å²) in [7, 11) is 2.79. The van der Waals surface area contributed by atoms with Crippen LogP contribution >= 0.6 is 0 Å². The number of aryl methyl sites for hydroxylation is 1. The van der Waals surface area contributed by atoms with E-state index in [1.54, 1.807) is 38.0 Å². The molecule has 0 aliphatic heterocycles. The van der Waals surface area contributed by atoms with Crippen LogP contribution in [-0.2, 0) is 26.7 Å². The average Bonchev–Trinajstić information content (AvgIpc) is 3.31. The fraction of sp³-hybridized carbons (Fsp3) is 0.552. The number of benzene rings is 2. The first kappa shape index (κ1) is 33.0. The zero-order valence-electron chi connectivity index (χ0n) is 24.2. The Bertz CT molecular complexity index is 1460. The molecule has 2 aromatic rings. The maximum absolute atomic E-state index is 15.0. The zero-order chi connectivity index (χ0) is 32.3. The van der Waals surface area contributed by atoms with Crippen molar-refractivity contribution in [2.45, 2.75) is 66.3 Å². The molecule has 0 amide bonds. The van der Waals surface area contributed by atoms with E-state index in [4.69, 9.17) is 4.99 Å². The summed E-state index contributed by atoms with van der Waals surface area (Å²) in [4.78, 5) is 8.17. The molecule has 1 fully saturated rings. The molecule has 0 saturated heterocycles. The molecule has 2 aliphatic rings. The molecule has 2 aliphatic carbocycles. The Morgan fingerprint density at radius 3 is 1.98 bits per heavy atom. The van der Waals surface area contributed by atoms with Crippen LogP contribution in [0, 0.1) is 17.7 Å². The molecule has 4 atom stereocenters. The van der Waals surface area contributed by atoms with Crippen molar-refractivity contribution in [3.8, 4) is 0 Å². The summed E-state index contributed by atoms with van der Waals surface area (Å²) in [5.41, 5.74) is -7.38. The van der Waals surface area contributed by atoms with Gasteiger partial charge in [0.2, 0.25) is 0 Å². The second kappa shape index (κ2) is 10.9. The standard InChI is InChI=1S/C29H33F8N3O2S/c1-17(38-25(39(2)3)40(4)5)22-14-15-26(43(41,42)21-10-8-20(30)9-11-21)23-13-7-19(16-18(23)6-12-24(22)26)27(31,28(32,33)34)29(35,36)37/h7-11,13,16-17,22,24H,6,12,14-15H2,1-5H3/t17?,22-,24-,26+/m0/s1. The molecule has 1 saturated carbocycles. The third-order valence-corrected chi connectivity index (χ3v) is 11.4. The van der Waals surface area contributed by atoms with Gasteiger partial charge >= 0.3 is 18.0 Å². The van der Waals surface area contributed by atoms with Crippen LogP contribution in [0.15, 0.2) is 52.4 Å². The predicted molar refractivity (Wildman–Crippen MR) is 145 cm³/mol. The van der Waals surface area contributed by atoms with Gasteiger partial charge in [0, 0.05) is 33.8 Å². The minimum atomic E-state index is -6.31.